The molecule has 2 aromatic heterocycles. The molecule has 16 heavy (non-hydrogen) atoms. The Labute approximate surface area is 101 Å². The summed E-state index contributed by atoms with van der Waals surface area (Å²) in [5.74, 6) is 0. The van der Waals surface area contributed by atoms with Crippen molar-refractivity contribution in [3.8, 4) is 11.1 Å². The predicted octanol–water partition coefficient (Wildman–Crippen LogP) is 3.16. The maximum atomic E-state index is 4.16. The fourth-order valence-electron chi connectivity index (χ4n) is 1.73. The van der Waals surface area contributed by atoms with Gasteiger partial charge >= 0.3 is 0 Å². The van der Waals surface area contributed by atoms with Crippen molar-refractivity contribution in [2.75, 3.05) is 0 Å². The number of aromatic nitrogens is 3. The Kier molecular flexibility index (Phi) is 2.22. The van der Waals surface area contributed by atoms with Gasteiger partial charge in [0.2, 0.25) is 4.73 Å². The second-order valence-electron chi connectivity index (χ2n) is 3.45. The minimum Gasteiger partial charge on any atom is -0.277 e. The first-order valence-corrected chi connectivity index (χ1v) is 5.70. The summed E-state index contributed by atoms with van der Waals surface area (Å²) in [5.41, 5.74) is 3.09. The van der Waals surface area contributed by atoms with Crippen molar-refractivity contribution in [2.45, 2.75) is 0 Å². The molecule has 4 heteroatoms. The van der Waals surface area contributed by atoms with E-state index in [-0.39, 0.29) is 0 Å². The zero-order chi connectivity index (χ0) is 11.0. The molecule has 0 spiro atoms. The zero-order valence-corrected chi connectivity index (χ0v) is 9.92. The summed E-state index contributed by atoms with van der Waals surface area (Å²) in [7, 11) is 0. The summed E-state index contributed by atoms with van der Waals surface area (Å²) in [4.78, 5) is 0. The predicted molar refractivity (Wildman–Crippen MR) is 66.1 cm³/mol. The highest BCUT2D eigenvalue weighted by molar-refractivity contribution is 9.10. The van der Waals surface area contributed by atoms with Crippen molar-refractivity contribution in [3.63, 3.8) is 0 Å². The molecule has 3 aromatic rings. The average Bonchev–Trinajstić information content (AvgIpc) is 2.73. The molecule has 0 saturated heterocycles. The molecule has 0 unspecified atom stereocenters. The highest BCUT2D eigenvalue weighted by Crippen LogP contribution is 2.24. The fourth-order valence-corrected chi connectivity index (χ4v) is 2.10. The number of hydrogen-bond donors (Lipinski definition) is 0. The van der Waals surface area contributed by atoms with Crippen molar-refractivity contribution < 1.29 is 0 Å². The SMILES string of the molecule is Brc1nnc2c(-c3ccccc3)cccn12. The monoisotopic (exact) mass is 273 g/mol. The summed E-state index contributed by atoms with van der Waals surface area (Å²) in [5, 5.41) is 8.17. The number of halogens is 1. The van der Waals surface area contributed by atoms with Crippen LogP contribution < -0.4 is 0 Å². The second kappa shape index (κ2) is 3.72. The van der Waals surface area contributed by atoms with Crippen LogP contribution in [-0.4, -0.2) is 14.6 Å². The molecular weight excluding hydrogens is 266 g/mol. The van der Waals surface area contributed by atoms with Gasteiger partial charge in [-0.25, -0.2) is 0 Å². The van der Waals surface area contributed by atoms with Gasteiger partial charge in [-0.05, 0) is 33.6 Å². The normalized spacial score (nSPS) is 10.8. The van der Waals surface area contributed by atoms with Crippen LogP contribution in [0, 0.1) is 0 Å². The molecule has 0 N–H and O–H groups in total. The minimum absolute atomic E-state index is 0.722. The van der Waals surface area contributed by atoms with Gasteiger partial charge in [0.15, 0.2) is 5.65 Å². The van der Waals surface area contributed by atoms with E-state index in [0.717, 1.165) is 21.5 Å². The number of rotatable bonds is 1. The van der Waals surface area contributed by atoms with Crippen LogP contribution in [0.1, 0.15) is 0 Å². The van der Waals surface area contributed by atoms with E-state index in [1.54, 1.807) is 0 Å². The van der Waals surface area contributed by atoms with Crippen LogP contribution in [0.2, 0.25) is 0 Å². The molecule has 0 amide bonds. The highest BCUT2D eigenvalue weighted by atomic mass is 79.9. The maximum absolute atomic E-state index is 4.16. The van der Waals surface area contributed by atoms with E-state index in [2.05, 4.69) is 38.3 Å². The van der Waals surface area contributed by atoms with Gasteiger partial charge in [0.05, 0.1) is 0 Å². The van der Waals surface area contributed by atoms with Gasteiger partial charge < -0.3 is 0 Å². The molecular formula is C12H8BrN3. The first-order chi connectivity index (χ1) is 7.86. The Hall–Kier alpha value is -1.68. The lowest BCUT2D eigenvalue weighted by Gasteiger charge is -2.02. The van der Waals surface area contributed by atoms with Crippen molar-refractivity contribution >= 4 is 21.6 Å². The number of hydrogen-bond acceptors (Lipinski definition) is 2. The molecule has 0 aliphatic rings. The standard InChI is InChI=1S/C12H8BrN3/c13-12-15-14-11-10(7-4-8-16(11)12)9-5-2-1-3-6-9/h1-8H. The largest absolute Gasteiger partial charge is 0.277 e. The number of benzene rings is 1. The van der Waals surface area contributed by atoms with Gasteiger partial charge in [-0.2, -0.15) is 0 Å². The van der Waals surface area contributed by atoms with Crippen molar-refractivity contribution in [1.29, 1.82) is 0 Å². The summed E-state index contributed by atoms with van der Waals surface area (Å²) in [6.45, 7) is 0. The Balaban J connectivity index is 2.32. The van der Waals surface area contributed by atoms with Gasteiger partial charge in [0.25, 0.3) is 0 Å². The molecule has 2 heterocycles. The topological polar surface area (TPSA) is 30.2 Å². The molecule has 3 rings (SSSR count). The third-order valence-electron chi connectivity index (χ3n) is 2.48. The molecule has 0 fully saturated rings. The van der Waals surface area contributed by atoms with Crippen LogP contribution in [-0.2, 0) is 0 Å². The third kappa shape index (κ3) is 1.42. The summed E-state index contributed by atoms with van der Waals surface area (Å²) in [6.07, 6.45) is 1.94. The molecule has 0 aliphatic carbocycles. The number of nitrogens with zero attached hydrogens (tertiary/aromatic N) is 3. The molecule has 0 saturated carbocycles. The van der Waals surface area contributed by atoms with Crippen LogP contribution in [0.4, 0.5) is 0 Å². The van der Waals surface area contributed by atoms with E-state index in [4.69, 9.17) is 0 Å². The molecule has 78 valence electrons. The van der Waals surface area contributed by atoms with Gasteiger partial charge in [-0.3, -0.25) is 4.40 Å². The van der Waals surface area contributed by atoms with Crippen molar-refractivity contribution in [2.24, 2.45) is 0 Å². The maximum Gasteiger partial charge on any atom is 0.204 e. The zero-order valence-electron chi connectivity index (χ0n) is 8.34. The van der Waals surface area contributed by atoms with Gasteiger partial charge in [-0.15, -0.1) is 10.2 Å². The number of fused-ring (bicyclic) bond motifs is 1. The molecule has 1 aromatic carbocycles. The van der Waals surface area contributed by atoms with Gasteiger partial charge in [0, 0.05) is 11.8 Å². The van der Waals surface area contributed by atoms with E-state index >= 15 is 0 Å². The Morgan fingerprint density at radius 1 is 0.938 bits per heavy atom. The Morgan fingerprint density at radius 2 is 1.75 bits per heavy atom. The second-order valence-corrected chi connectivity index (χ2v) is 4.16. The lowest BCUT2D eigenvalue weighted by molar-refractivity contribution is 1.05. The fraction of sp³-hybridized carbons (Fsp3) is 0. The summed E-state index contributed by atoms with van der Waals surface area (Å²) in [6, 6.07) is 14.2. The first kappa shape index (κ1) is 9.54. The molecule has 0 bridgehead atoms. The quantitative estimate of drug-likeness (QED) is 0.682. The first-order valence-electron chi connectivity index (χ1n) is 4.91. The van der Waals surface area contributed by atoms with E-state index < -0.39 is 0 Å². The van der Waals surface area contributed by atoms with Crippen LogP contribution in [0.15, 0.2) is 53.4 Å². The van der Waals surface area contributed by atoms with E-state index in [1.807, 2.05) is 40.9 Å². The molecule has 0 aliphatic heterocycles. The van der Waals surface area contributed by atoms with Crippen LogP contribution in [0.5, 0.6) is 0 Å². The molecule has 0 atom stereocenters. The summed E-state index contributed by atoms with van der Waals surface area (Å²) >= 11 is 3.36. The van der Waals surface area contributed by atoms with Gasteiger partial charge in [0.1, 0.15) is 0 Å². The molecule has 3 nitrogen and oxygen atoms in total. The minimum atomic E-state index is 0.722. The van der Waals surface area contributed by atoms with E-state index in [0.29, 0.717) is 0 Å². The van der Waals surface area contributed by atoms with E-state index in [9.17, 15) is 0 Å². The van der Waals surface area contributed by atoms with Crippen LogP contribution in [0.3, 0.4) is 0 Å². The molecule has 0 radical (unpaired) electrons. The summed E-state index contributed by atoms with van der Waals surface area (Å²) < 4.78 is 2.64. The lowest BCUT2D eigenvalue weighted by atomic mass is 10.1. The number of pyridine rings is 1. The average molecular weight is 274 g/mol. The smallest absolute Gasteiger partial charge is 0.204 e. The van der Waals surface area contributed by atoms with Crippen molar-refractivity contribution in [1.82, 2.24) is 14.6 Å². The Morgan fingerprint density at radius 3 is 2.56 bits per heavy atom. The van der Waals surface area contributed by atoms with Gasteiger partial charge in [-0.1, -0.05) is 30.3 Å². The van der Waals surface area contributed by atoms with Crippen molar-refractivity contribution in [3.05, 3.63) is 53.4 Å². The van der Waals surface area contributed by atoms with E-state index in [1.165, 1.54) is 0 Å². The Bertz CT molecular complexity index is 631. The van der Waals surface area contributed by atoms with Crippen LogP contribution >= 0.6 is 15.9 Å². The third-order valence-corrected chi connectivity index (χ3v) is 3.02. The highest BCUT2D eigenvalue weighted by Gasteiger charge is 2.07. The van der Waals surface area contributed by atoms with Crippen LogP contribution in [0.25, 0.3) is 16.8 Å². The lowest BCUT2D eigenvalue weighted by Crippen LogP contribution is -1.87.